The van der Waals surface area contributed by atoms with Gasteiger partial charge in [-0.05, 0) is 58.2 Å². The van der Waals surface area contributed by atoms with Gasteiger partial charge in [0.2, 0.25) is 0 Å². The summed E-state index contributed by atoms with van der Waals surface area (Å²) in [6.07, 6.45) is 7.69. The highest BCUT2D eigenvalue weighted by Crippen LogP contribution is 2.17. The number of nitrogens with zero attached hydrogens (tertiary/aromatic N) is 2. The quantitative estimate of drug-likeness (QED) is 0.330. The highest BCUT2D eigenvalue weighted by atomic mass is 127. The molecule has 0 atom stereocenters. The first kappa shape index (κ1) is 15.0. The minimum atomic E-state index is 0. The highest BCUT2D eigenvalue weighted by molar-refractivity contribution is 14.0. The van der Waals surface area contributed by atoms with E-state index in [0.717, 1.165) is 13.0 Å². The van der Waals surface area contributed by atoms with E-state index in [1.54, 1.807) is 0 Å². The number of aliphatic imine (C=N–C) groups is 1. The van der Waals surface area contributed by atoms with Crippen molar-refractivity contribution in [1.29, 1.82) is 0 Å². The van der Waals surface area contributed by atoms with Crippen LogP contribution in [0.15, 0.2) is 4.99 Å². The molecule has 17 heavy (non-hydrogen) atoms. The van der Waals surface area contributed by atoms with Gasteiger partial charge in [0.1, 0.15) is 0 Å². The van der Waals surface area contributed by atoms with Crippen molar-refractivity contribution in [1.82, 2.24) is 10.2 Å². The van der Waals surface area contributed by atoms with Crippen LogP contribution in [-0.4, -0.2) is 43.1 Å². The molecule has 2 aliphatic rings. The van der Waals surface area contributed by atoms with Crippen molar-refractivity contribution in [2.75, 3.05) is 26.2 Å². The summed E-state index contributed by atoms with van der Waals surface area (Å²) in [5.41, 5.74) is 5.75. The molecule has 0 radical (unpaired) electrons. The standard InChI is InChI=1S/C12H24N4.HI/c13-12(15-11-5-6-11)14-7-1-2-8-16-9-3-4-10-16;/h11H,1-10H2,(H3,13,14,15);1H. The Hall–Kier alpha value is -0.0400. The number of guanidine groups is 1. The number of halogens is 1. The molecule has 2 fully saturated rings. The van der Waals surface area contributed by atoms with Gasteiger partial charge in [0, 0.05) is 12.6 Å². The molecule has 3 N–H and O–H groups in total. The zero-order chi connectivity index (χ0) is 11.2. The predicted molar refractivity (Wildman–Crippen MR) is 83.0 cm³/mol. The number of rotatable bonds is 6. The lowest BCUT2D eigenvalue weighted by Crippen LogP contribution is -2.33. The largest absolute Gasteiger partial charge is 0.370 e. The van der Waals surface area contributed by atoms with Crippen molar-refractivity contribution >= 4 is 29.9 Å². The Kier molecular flexibility index (Phi) is 7.18. The van der Waals surface area contributed by atoms with E-state index < -0.39 is 0 Å². The van der Waals surface area contributed by atoms with Crippen molar-refractivity contribution in [2.24, 2.45) is 10.7 Å². The smallest absolute Gasteiger partial charge is 0.188 e. The number of nitrogens with two attached hydrogens (primary N) is 1. The van der Waals surface area contributed by atoms with Gasteiger partial charge < -0.3 is 16.0 Å². The number of hydrogen-bond acceptors (Lipinski definition) is 2. The Labute approximate surface area is 121 Å². The van der Waals surface area contributed by atoms with Crippen LogP contribution in [-0.2, 0) is 0 Å². The van der Waals surface area contributed by atoms with Crippen LogP contribution in [0.2, 0.25) is 0 Å². The molecule has 1 aliphatic carbocycles. The molecule has 1 saturated heterocycles. The molecular weight excluding hydrogens is 327 g/mol. The third kappa shape index (κ3) is 6.45. The van der Waals surface area contributed by atoms with Gasteiger partial charge in [0.05, 0.1) is 0 Å². The molecule has 0 aromatic carbocycles. The number of unbranched alkanes of at least 4 members (excludes halogenated alkanes) is 1. The van der Waals surface area contributed by atoms with Gasteiger partial charge in [-0.2, -0.15) is 0 Å². The minimum absolute atomic E-state index is 0. The van der Waals surface area contributed by atoms with E-state index >= 15 is 0 Å². The minimum Gasteiger partial charge on any atom is -0.370 e. The summed E-state index contributed by atoms with van der Waals surface area (Å²) < 4.78 is 0. The molecule has 1 saturated carbocycles. The normalized spacial score (nSPS) is 21.3. The van der Waals surface area contributed by atoms with Crippen LogP contribution in [0.3, 0.4) is 0 Å². The van der Waals surface area contributed by atoms with Crippen LogP contribution < -0.4 is 11.1 Å². The zero-order valence-corrected chi connectivity index (χ0v) is 12.9. The third-order valence-electron chi connectivity index (χ3n) is 3.29. The molecule has 0 spiro atoms. The molecule has 100 valence electrons. The lowest BCUT2D eigenvalue weighted by atomic mass is 10.3. The van der Waals surface area contributed by atoms with Crippen LogP contribution >= 0.6 is 24.0 Å². The second kappa shape index (κ2) is 8.13. The zero-order valence-electron chi connectivity index (χ0n) is 10.5. The van der Waals surface area contributed by atoms with Crippen molar-refractivity contribution in [2.45, 2.75) is 44.6 Å². The molecule has 1 heterocycles. The summed E-state index contributed by atoms with van der Waals surface area (Å²) in [5.74, 6) is 0.642. The number of likely N-dealkylation sites (tertiary alicyclic amines) is 1. The Morgan fingerprint density at radius 3 is 2.59 bits per heavy atom. The Balaban J connectivity index is 0.00000144. The SMILES string of the molecule is I.NC(=NCCCCN1CCCC1)NC1CC1. The first-order valence-corrected chi connectivity index (χ1v) is 6.63. The summed E-state index contributed by atoms with van der Waals surface area (Å²) >= 11 is 0. The lowest BCUT2D eigenvalue weighted by molar-refractivity contribution is 0.331. The van der Waals surface area contributed by atoms with Crippen LogP contribution in [0, 0.1) is 0 Å². The first-order chi connectivity index (χ1) is 7.84. The summed E-state index contributed by atoms with van der Waals surface area (Å²) in [6, 6.07) is 0.619. The average molecular weight is 352 g/mol. The van der Waals surface area contributed by atoms with Crippen molar-refractivity contribution < 1.29 is 0 Å². The van der Waals surface area contributed by atoms with Gasteiger partial charge in [0.25, 0.3) is 0 Å². The highest BCUT2D eigenvalue weighted by Gasteiger charge is 2.21. The Morgan fingerprint density at radius 2 is 1.94 bits per heavy atom. The molecule has 2 rings (SSSR count). The molecule has 0 aromatic heterocycles. The van der Waals surface area contributed by atoms with E-state index in [9.17, 15) is 0 Å². The second-order valence-corrected chi connectivity index (χ2v) is 4.94. The first-order valence-electron chi connectivity index (χ1n) is 6.63. The van der Waals surface area contributed by atoms with Crippen molar-refractivity contribution in [3.63, 3.8) is 0 Å². The lowest BCUT2D eigenvalue weighted by Gasteiger charge is -2.13. The molecule has 0 bridgehead atoms. The van der Waals surface area contributed by atoms with E-state index in [4.69, 9.17) is 5.73 Å². The van der Waals surface area contributed by atoms with E-state index in [0.29, 0.717) is 12.0 Å². The summed E-state index contributed by atoms with van der Waals surface area (Å²) in [6.45, 7) is 4.72. The van der Waals surface area contributed by atoms with Gasteiger partial charge >= 0.3 is 0 Å². The molecule has 0 aromatic rings. The Bertz CT molecular complexity index is 235. The topological polar surface area (TPSA) is 53.6 Å². The Morgan fingerprint density at radius 1 is 1.24 bits per heavy atom. The van der Waals surface area contributed by atoms with Gasteiger partial charge in [-0.1, -0.05) is 0 Å². The van der Waals surface area contributed by atoms with Crippen molar-refractivity contribution in [3.05, 3.63) is 0 Å². The van der Waals surface area contributed by atoms with E-state index in [2.05, 4.69) is 15.2 Å². The van der Waals surface area contributed by atoms with Crippen molar-refractivity contribution in [3.8, 4) is 0 Å². The van der Waals surface area contributed by atoms with Crippen LogP contribution in [0.25, 0.3) is 0 Å². The molecule has 0 amide bonds. The van der Waals surface area contributed by atoms with E-state index in [-0.39, 0.29) is 24.0 Å². The maximum Gasteiger partial charge on any atom is 0.188 e. The fourth-order valence-corrected chi connectivity index (χ4v) is 2.14. The van der Waals surface area contributed by atoms with Crippen LogP contribution in [0.5, 0.6) is 0 Å². The van der Waals surface area contributed by atoms with E-state index in [1.165, 1.54) is 51.7 Å². The summed E-state index contributed by atoms with van der Waals surface area (Å²) in [7, 11) is 0. The summed E-state index contributed by atoms with van der Waals surface area (Å²) in [4.78, 5) is 6.88. The molecule has 1 aliphatic heterocycles. The van der Waals surface area contributed by atoms with Gasteiger partial charge in [-0.25, -0.2) is 0 Å². The summed E-state index contributed by atoms with van der Waals surface area (Å²) in [5, 5.41) is 3.20. The fourth-order valence-electron chi connectivity index (χ4n) is 2.14. The van der Waals surface area contributed by atoms with E-state index in [1.807, 2.05) is 0 Å². The monoisotopic (exact) mass is 352 g/mol. The average Bonchev–Trinajstić information content (AvgIpc) is 2.93. The van der Waals surface area contributed by atoms with Crippen LogP contribution in [0.4, 0.5) is 0 Å². The fraction of sp³-hybridized carbons (Fsp3) is 0.917. The van der Waals surface area contributed by atoms with Gasteiger partial charge in [0.15, 0.2) is 5.96 Å². The van der Waals surface area contributed by atoms with Crippen LogP contribution in [0.1, 0.15) is 38.5 Å². The number of hydrogen-bond donors (Lipinski definition) is 2. The molecule has 5 heteroatoms. The second-order valence-electron chi connectivity index (χ2n) is 4.94. The number of nitrogens with one attached hydrogen (secondary N) is 1. The third-order valence-corrected chi connectivity index (χ3v) is 3.29. The predicted octanol–water partition coefficient (Wildman–Crippen LogP) is 1.55. The molecule has 0 unspecified atom stereocenters. The van der Waals surface area contributed by atoms with Gasteiger partial charge in [-0.3, -0.25) is 4.99 Å². The van der Waals surface area contributed by atoms with Gasteiger partial charge in [-0.15, -0.1) is 24.0 Å². The molecule has 4 nitrogen and oxygen atoms in total. The maximum atomic E-state index is 5.75. The molecular formula is C12H25IN4. The maximum absolute atomic E-state index is 5.75.